The number of aliphatic hydroxyl groups is 3. The third kappa shape index (κ3) is 4.20. The van der Waals surface area contributed by atoms with Crippen molar-refractivity contribution in [2.45, 2.75) is 104 Å². The van der Waals surface area contributed by atoms with Crippen LogP contribution in [0.1, 0.15) is 68.2 Å². The van der Waals surface area contributed by atoms with Crippen molar-refractivity contribution in [3.8, 4) is 0 Å². The molecule has 4 rings (SSSR count). The zero-order valence-electron chi connectivity index (χ0n) is 23.8. The first kappa shape index (κ1) is 31.6. The summed E-state index contributed by atoms with van der Waals surface area (Å²) in [6.07, 6.45) is -1.82. The zero-order valence-corrected chi connectivity index (χ0v) is 28.5. The van der Waals surface area contributed by atoms with Crippen molar-refractivity contribution in [3.05, 3.63) is 11.1 Å². The van der Waals surface area contributed by atoms with Crippen LogP contribution in [0.25, 0.3) is 0 Å². The SMILES string of the molecule is CNC(C)C(O)C(=O)OC1CC2(O)[C@@H](C)C3[C@]4(O)COC4C[C@H](C)[C@@]3(C)C(=O)[C@H](C)C(=C1C)C2(C)C.[Ac]. The Bertz CT molecular complexity index is 984. The molecule has 0 amide bonds. The molecule has 1 saturated heterocycles. The van der Waals surface area contributed by atoms with Gasteiger partial charge in [0.1, 0.15) is 17.5 Å². The molecule has 8 nitrogen and oxygen atoms in total. The van der Waals surface area contributed by atoms with Gasteiger partial charge in [0.25, 0.3) is 0 Å². The smallest absolute Gasteiger partial charge is 0.337 e. The molecule has 3 aliphatic carbocycles. The Morgan fingerprint density at radius 1 is 1.19 bits per heavy atom. The third-order valence-corrected chi connectivity index (χ3v) is 11.0. The Balaban J connectivity index is 0.00000380. The van der Waals surface area contributed by atoms with Crippen molar-refractivity contribution in [2.24, 2.45) is 34.5 Å². The molecule has 4 aliphatic rings. The van der Waals surface area contributed by atoms with E-state index in [9.17, 15) is 24.9 Å². The van der Waals surface area contributed by atoms with Gasteiger partial charge in [-0.15, -0.1) is 0 Å². The summed E-state index contributed by atoms with van der Waals surface area (Å²) in [5.41, 5.74) is -2.73. The average Bonchev–Trinajstić information content (AvgIpc) is 2.81. The topological polar surface area (TPSA) is 125 Å². The van der Waals surface area contributed by atoms with Gasteiger partial charge >= 0.3 is 5.97 Å². The second-order valence-electron chi connectivity index (χ2n) is 12.9. The van der Waals surface area contributed by atoms with Crippen LogP contribution in [-0.4, -0.2) is 76.3 Å². The first-order valence-electron chi connectivity index (χ1n) is 13.4. The van der Waals surface area contributed by atoms with Crippen LogP contribution in [0.4, 0.5) is 0 Å². The molecule has 0 spiro atoms. The first-order chi connectivity index (χ1) is 16.5. The summed E-state index contributed by atoms with van der Waals surface area (Å²) in [6, 6.07) is -0.507. The number of hydrogen-bond acceptors (Lipinski definition) is 8. The Labute approximate surface area is 256 Å². The van der Waals surface area contributed by atoms with Gasteiger partial charge in [-0.1, -0.05) is 41.5 Å². The second-order valence-corrected chi connectivity index (χ2v) is 12.9. The predicted octanol–water partition coefficient (Wildman–Crippen LogP) is 1.99. The molecule has 11 atom stereocenters. The van der Waals surface area contributed by atoms with E-state index in [4.69, 9.17) is 9.47 Å². The van der Waals surface area contributed by atoms with Crippen molar-refractivity contribution < 1.29 is 78.4 Å². The maximum atomic E-state index is 14.4. The second kappa shape index (κ2) is 10.2. The summed E-state index contributed by atoms with van der Waals surface area (Å²) in [6.45, 7) is 15.4. The Kier molecular flexibility index (Phi) is 8.72. The van der Waals surface area contributed by atoms with E-state index in [1.807, 2.05) is 48.5 Å². The quantitative estimate of drug-likeness (QED) is 0.256. The van der Waals surface area contributed by atoms with E-state index >= 15 is 0 Å². The summed E-state index contributed by atoms with van der Waals surface area (Å²) in [5.74, 6) is -2.34. The van der Waals surface area contributed by atoms with E-state index in [1.54, 1.807) is 14.0 Å². The van der Waals surface area contributed by atoms with Gasteiger partial charge in [-0.3, -0.25) is 4.79 Å². The summed E-state index contributed by atoms with van der Waals surface area (Å²) in [4.78, 5) is 27.3. The number of aliphatic hydroxyl groups excluding tert-OH is 1. The molecule has 9 heteroatoms. The number of Topliss-reactive ketones (excluding diaryl/α,β-unsaturated/α-hetero) is 1. The number of hydrogen-bond donors (Lipinski definition) is 4. The van der Waals surface area contributed by atoms with Crippen LogP contribution in [0.3, 0.4) is 0 Å². The van der Waals surface area contributed by atoms with Gasteiger partial charge in [-0.05, 0) is 50.3 Å². The van der Waals surface area contributed by atoms with Gasteiger partial charge in [-0.2, -0.15) is 0 Å². The minimum Gasteiger partial charge on any atom is -0.456 e. The van der Waals surface area contributed by atoms with Gasteiger partial charge in [-0.25, -0.2) is 4.79 Å². The van der Waals surface area contributed by atoms with Crippen molar-refractivity contribution in [2.75, 3.05) is 13.7 Å². The van der Waals surface area contributed by atoms with Crippen molar-refractivity contribution >= 4 is 11.8 Å². The van der Waals surface area contributed by atoms with Gasteiger partial charge in [0.2, 0.25) is 0 Å². The summed E-state index contributed by atoms with van der Waals surface area (Å²) in [5, 5.41) is 37.8. The number of esters is 1. The van der Waals surface area contributed by atoms with E-state index in [0.717, 1.165) is 11.1 Å². The van der Waals surface area contributed by atoms with Crippen LogP contribution < -0.4 is 5.32 Å². The largest absolute Gasteiger partial charge is 0.456 e. The molecule has 1 radical (unpaired) electrons. The molecule has 4 N–H and O–H groups in total. The normalized spacial score (nSPS) is 46.2. The summed E-state index contributed by atoms with van der Waals surface area (Å²) in [7, 11) is 1.65. The molecule has 0 aromatic rings. The van der Waals surface area contributed by atoms with Crippen LogP contribution >= 0.6 is 0 Å². The minimum atomic E-state index is -1.39. The average molecular weight is 735 g/mol. The van der Waals surface area contributed by atoms with Crippen molar-refractivity contribution in [1.29, 1.82) is 0 Å². The Morgan fingerprint density at radius 3 is 2.30 bits per heavy atom. The standard InChI is InChI=1S/C28H45NO7.Ac/c1-13-10-19-27(33,12-35-19)22-16(4)28(34)11-18(36-24(32)21(30)17(5)29-9)14(2)20(25(28,6)7)15(3)23(31)26(13,22)8;/h13,15-19,21-22,29-30,33-34H,10-12H2,1-9H3;/t13-,15+,16-,17?,18?,19?,21?,22?,26+,27-,28?;/m0./s1. The number of ether oxygens (including phenoxy) is 2. The molecule has 207 valence electrons. The number of carbonyl (C=O) groups excluding carboxylic acids is 2. The number of carbonyl (C=O) groups is 2. The molecule has 0 aromatic carbocycles. The van der Waals surface area contributed by atoms with Crippen LogP contribution in [0.15, 0.2) is 11.1 Å². The number of fused-ring (bicyclic) bond motifs is 5. The number of rotatable bonds is 4. The maximum Gasteiger partial charge on any atom is 0.337 e. The van der Waals surface area contributed by atoms with Crippen molar-refractivity contribution in [1.82, 2.24) is 5.32 Å². The van der Waals surface area contributed by atoms with Crippen LogP contribution in [0.2, 0.25) is 0 Å². The predicted molar refractivity (Wildman–Crippen MR) is 134 cm³/mol. The summed E-state index contributed by atoms with van der Waals surface area (Å²) >= 11 is 0. The van der Waals surface area contributed by atoms with E-state index < -0.39 is 64.0 Å². The number of ketones is 1. The molecule has 3 fully saturated rings. The molecule has 6 unspecified atom stereocenters. The van der Waals surface area contributed by atoms with E-state index in [1.165, 1.54) is 0 Å². The zero-order chi connectivity index (χ0) is 27.2. The Hall–Kier alpha value is 0.122. The van der Waals surface area contributed by atoms with Crippen molar-refractivity contribution in [3.63, 3.8) is 0 Å². The summed E-state index contributed by atoms with van der Waals surface area (Å²) < 4.78 is 11.6. The molecular weight excluding hydrogens is 689 g/mol. The van der Waals surface area contributed by atoms with Gasteiger partial charge in [0.05, 0.1) is 18.3 Å². The van der Waals surface area contributed by atoms with Crippen LogP contribution in [-0.2, 0) is 19.1 Å². The van der Waals surface area contributed by atoms with Gasteiger partial charge in [0, 0.05) is 79.2 Å². The van der Waals surface area contributed by atoms with E-state index in [0.29, 0.717) is 6.42 Å². The van der Waals surface area contributed by atoms with Gasteiger partial charge in [0.15, 0.2) is 6.10 Å². The molecule has 2 saturated carbocycles. The molecule has 1 aliphatic heterocycles. The van der Waals surface area contributed by atoms with Crippen LogP contribution in [0.5, 0.6) is 0 Å². The monoisotopic (exact) mass is 734 g/mol. The Morgan fingerprint density at radius 2 is 1.78 bits per heavy atom. The molecule has 2 bridgehead atoms. The minimum absolute atomic E-state index is 0. The first-order valence-corrected chi connectivity index (χ1v) is 13.4. The molecule has 1 heterocycles. The number of nitrogens with one attached hydrogen (secondary N) is 1. The fraction of sp³-hybridized carbons (Fsp3) is 0.857. The third-order valence-electron chi connectivity index (χ3n) is 11.0. The fourth-order valence-electron chi connectivity index (χ4n) is 8.48. The fourth-order valence-corrected chi connectivity index (χ4v) is 8.48. The molecular formula is C28H45AcNO7. The molecule has 0 aromatic heterocycles. The van der Waals surface area contributed by atoms with Gasteiger partial charge < -0.3 is 30.1 Å². The van der Waals surface area contributed by atoms with E-state index in [2.05, 4.69) is 5.32 Å². The van der Waals surface area contributed by atoms with E-state index in [-0.39, 0.29) is 74.9 Å². The van der Waals surface area contributed by atoms with Crippen LogP contribution in [0, 0.1) is 78.6 Å². The number of likely N-dealkylation sites (N-methyl/N-ethyl adjacent to an activating group) is 1. The maximum absolute atomic E-state index is 14.4. The molecule has 37 heavy (non-hydrogen) atoms.